The van der Waals surface area contributed by atoms with Crippen LogP contribution in [0.25, 0.3) is 11.1 Å². The Morgan fingerprint density at radius 1 is 1.45 bits per heavy atom. The number of benzene rings is 1. The molecular formula is C17H23N3O2. The molecule has 0 amide bonds. The Balaban J connectivity index is 1.73. The molecular weight excluding hydrogens is 278 g/mol. The summed E-state index contributed by atoms with van der Waals surface area (Å²) in [7, 11) is 1.92. The lowest BCUT2D eigenvalue weighted by atomic mass is 9.99. The van der Waals surface area contributed by atoms with Gasteiger partial charge in [0.1, 0.15) is 5.60 Å². The van der Waals surface area contributed by atoms with E-state index in [-0.39, 0.29) is 0 Å². The van der Waals surface area contributed by atoms with Gasteiger partial charge in [-0.25, -0.2) is 0 Å². The van der Waals surface area contributed by atoms with Crippen LogP contribution in [0.3, 0.4) is 0 Å². The van der Waals surface area contributed by atoms with E-state index in [2.05, 4.69) is 35.5 Å². The molecule has 1 atom stereocenters. The number of nitrogens with zero attached hydrogens (tertiary/aromatic N) is 2. The van der Waals surface area contributed by atoms with Gasteiger partial charge in [-0.1, -0.05) is 23.8 Å². The highest BCUT2D eigenvalue weighted by Gasteiger charge is 2.31. The van der Waals surface area contributed by atoms with Gasteiger partial charge in [-0.3, -0.25) is 4.68 Å². The molecule has 1 aliphatic rings. The van der Waals surface area contributed by atoms with Crippen LogP contribution in [-0.2, 0) is 18.3 Å². The van der Waals surface area contributed by atoms with E-state index in [1.165, 1.54) is 16.7 Å². The van der Waals surface area contributed by atoms with Crippen molar-refractivity contribution in [2.24, 2.45) is 7.05 Å². The van der Waals surface area contributed by atoms with Crippen molar-refractivity contribution in [2.45, 2.75) is 25.5 Å². The predicted octanol–water partition coefficient (Wildman–Crippen LogP) is 1.64. The molecule has 0 radical (unpaired) electrons. The fourth-order valence-corrected chi connectivity index (χ4v) is 2.84. The molecule has 1 unspecified atom stereocenters. The molecule has 22 heavy (non-hydrogen) atoms. The third kappa shape index (κ3) is 3.38. The minimum absolute atomic E-state index is 0.420. The third-order valence-corrected chi connectivity index (χ3v) is 4.13. The van der Waals surface area contributed by atoms with Gasteiger partial charge in [0.25, 0.3) is 0 Å². The molecule has 118 valence electrons. The Hall–Kier alpha value is -1.69. The van der Waals surface area contributed by atoms with Crippen molar-refractivity contribution < 1.29 is 9.84 Å². The lowest BCUT2D eigenvalue weighted by molar-refractivity contribution is 0.0268. The second-order valence-electron chi connectivity index (χ2n) is 6.19. The summed E-state index contributed by atoms with van der Waals surface area (Å²) in [5.74, 6) is 0. The summed E-state index contributed by atoms with van der Waals surface area (Å²) >= 11 is 0. The summed E-state index contributed by atoms with van der Waals surface area (Å²) < 4.78 is 7.09. The third-order valence-electron chi connectivity index (χ3n) is 4.13. The maximum absolute atomic E-state index is 10.3. The number of hydrogen-bond acceptors (Lipinski definition) is 4. The lowest BCUT2D eigenvalue weighted by Gasteiger charge is -2.21. The molecule has 1 aliphatic heterocycles. The average Bonchev–Trinajstić information content (AvgIpc) is 3.10. The van der Waals surface area contributed by atoms with Gasteiger partial charge >= 0.3 is 0 Å². The summed E-state index contributed by atoms with van der Waals surface area (Å²) in [5.41, 5.74) is 4.02. The van der Waals surface area contributed by atoms with Gasteiger partial charge in [-0.15, -0.1) is 0 Å². The van der Waals surface area contributed by atoms with Gasteiger partial charge in [-0.2, -0.15) is 5.10 Å². The summed E-state index contributed by atoms with van der Waals surface area (Å²) in [6.07, 6.45) is 4.61. The number of hydrogen-bond donors (Lipinski definition) is 2. The summed E-state index contributed by atoms with van der Waals surface area (Å²) in [6, 6.07) is 6.44. The number of aliphatic hydroxyl groups is 1. The molecule has 0 bridgehead atoms. The second-order valence-corrected chi connectivity index (χ2v) is 6.19. The highest BCUT2D eigenvalue weighted by Crippen LogP contribution is 2.25. The van der Waals surface area contributed by atoms with Crippen LogP contribution in [0, 0.1) is 6.92 Å². The van der Waals surface area contributed by atoms with E-state index in [4.69, 9.17) is 4.74 Å². The van der Waals surface area contributed by atoms with Crippen LogP contribution < -0.4 is 5.32 Å². The number of nitrogens with one attached hydrogen (secondary N) is 1. The maximum atomic E-state index is 10.3. The smallest absolute Gasteiger partial charge is 0.102 e. The molecule has 2 N–H and O–H groups in total. The monoisotopic (exact) mass is 301 g/mol. The van der Waals surface area contributed by atoms with Crippen LogP contribution >= 0.6 is 0 Å². The topological polar surface area (TPSA) is 59.3 Å². The van der Waals surface area contributed by atoms with Crippen molar-refractivity contribution in [1.29, 1.82) is 0 Å². The minimum Gasteiger partial charge on any atom is -0.386 e. The van der Waals surface area contributed by atoms with Crippen molar-refractivity contribution in [3.8, 4) is 11.1 Å². The predicted molar refractivity (Wildman–Crippen MR) is 85.5 cm³/mol. The zero-order valence-electron chi connectivity index (χ0n) is 13.2. The number of rotatable bonds is 5. The standard InChI is InChI=1S/C17H23N3O2/c1-13-3-4-14(8-18-11-17(21)5-6-22-12-17)16(7-13)15-9-19-20(2)10-15/h3-4,7,9-10,18,21H,5-6,8,11-12H2,1-2H3. The fourth-order valence-electron chi connectivity index (χ4n) is 2.84. The molecule has 1 aromatic carbocycles. The first-order valence-electron chi connectivity index (χ1n) is 7.65. The zero-order chi connectivity index (χ0) is 15.6. The number of ether oxygens (including phenoxy) is 1. The molecule has 5 heteroatoms. The first kappa shape index (κ1) is 15.2. The van der Waals surface area contributed by atoms with E-state index in [1.54, 1.807) is 0 Å². The van der Waals surface area contributed by atoms with E-state index < -0.39 is 5.60 Å². The van der Waals surface area contributed by atoms with Gasteiger partial charge in [-0.05, 0) is 18.1 Å². The zero-order valence-corrected chi connectivity index (χ0v) is 13.2. The Kier molecular flexibility index (Phi) is 4.29. The first-order chi connectivity index (χ1) is 10.6. The molecule has 0 aliphatic carbocycles. The van der Waals surface area contributed by atoms with Crippen molar-refractivity contribution in [1.82, 2.24) is 15.1 Å². The quantitative estimate of drug-likeness (QED) is 0.881. The van der Waals surface area contributed by atoms with E-state index in [9.17, 15) is 5.11 Å². The summed E-state index contributed by atoms with van der Waals surface area (Å²) in [5, 5.41) is 17.9. The molecule has 1 fully saturated rings. The summed E-state index contributed by atoms with van der Waals surface area (Å²) in [6.45, 7) is 4.42. The molecule has 3 rings (SSSR count). The van der Waals surface area contributed by atoms with Gasteiger partial charge in [0.2, 0.25) is 0 Å². The minimum atomic E-state index is -0.723. The second kappa shape index (κ2) is 6.20. The molecule has 1 saturated heterocycles. The first-order valence-corrected chi connectivity index (χ1v) is 7.65. The SMILES string of the molecule is Cc1ccc(CNCC2(O)CCOC2)c(-c2cnn(C)c2)c1. The van der Waals surface area contributed by atoms with E-state index >= 15 is 0 Å². The van der Waals surface area contributed by atoms with Gasteiger partial charge in [0.15, 0.2) is 0 Å². The lowest BCUT2D eigenvalue weighted by Crippen LogP contribution is -2.40. The molecule has 2 heterocycles. The summed E-state index contributed by atoms with van der Waals surface area (Å²) in [4.78, 5) is 0. The normalized spacial score (nSPS) is 21.4. The Morgan fingerprint density at radius 3 is 3.00 bits per heavy atom. The Labute approximate surface area is 130 Å². The molecule has 1 aromatic heterocycles. The molecule has 0 saturated carbocycles. The van der Waals surface area contributed by atoms with Crippen LogP contribution in [0.2, 0.25) is 0 Å². The maximum Gasteiger partial charge on any atom is 0.102 e. The van der Waals surface area contributed by atoms with Crippen LogP contribution in [0.1, 0.15) is 17.5 Å². The van der Waals surface area contributed by atoms with Crippen LogP contribution in [0.4, 0.5) is 0 Å². The van der Waals surface area contributed by atoms with Crippen molar-refractivity contribution >= 4 is 0 Å². The molecule has 0 spiro atoms. The Bertz CT molecular complexity index is 645. The van der Waals surface area contributed by atoms with Crippen LogP contribution in [-0.4, -0.2) is 40.2 Å². The number of aromatic nitrogens is 2. The largest absolute Gasteiger partial charge is 0.386 e. The van der Waals surface area contributed by atoms with Crippen molar-refractivity contribution in [3.63, 3.8) is 0 Å². The van der Waals surface area contributed by atoms with Gasteiger partial charge < -0.3 is 15.2 Å². The van der Waals surface area contributed by atoms with Gasteiger partial charge in [0.05, 0.1) is 12.8 Å². The van der Waals surface area contributed by atoms with E-state index in [0.717, 1.165) is 5.56 Å². The highest BCUT2D eigenvalue weighted by atomic mass is 16.5. The Morgan fingerprint density at radius 2 is 2.32 bits per heavy atom. The van der Waals surface area contributed by atoms with Crippen molar-refractivity contribution in [3.05, 3.63) is 41.7 Å². The van der Waals surface area contributed by atoms with E-state index in [0.29, 0.717) is 32.7 Å². The number of aryl methyl sites for hydroxylation is 2. The van der Waals surface area contributed by atoms with Crippen LogP contribution in [0.5, 0.6) is 0 Å². The molecule has 2 aromatic rings. The van der Waals surface area contributed by atoms with E-state index in [1.807, 2.05) is 24.1 Å². The average molecular weight is 301 g/mol. The van der Waals surface area contributed by atoms with Gasteiger partial charge in [0, 0.05) is 44.9 Å². The fraction of sp³-hybridized carbons (Fsp3) is 0.471. The highest BCUT2D eigenvalue weighted by molar-refractivity contribution is 5.66. The van der Waals surface area contributed by atoms with Crippen molar-refractivity contribution in [2.75, 3.05) is 19.8 Å². The van der Waals surface area contributed by atoms with Crippen LogP contribution in [0.15, 0.2) is 30.6 Å². The molecule has 5 nitrogen and oxygen atoms in total.